The Morgan fingerprint density at radius 1 is 0.875 bits per heavy atom. The fourth-order valence-electron chi connectivity index (χ4n) is 4.53. The summed E-state index contributed by atoms with van der Waals surface area (Å²) in [6.45, 7) is 2.63. The minimum Gasteiger partial charge on any atom is -0.370 e. The summed E-state index contributed by atoms with van der Waals surface area (Å²) >= 11 is 0. The van der Waals surface area contributed by atoms with E-state index in [1.807, 2.05) is 23.1 Å². The number of carbonyl (C=O) groups excluding carboxylic acids is 1. The lowest BCUT2D eigenvalue weighted by Gasteiger charge is -2.31. The first-order chi connectivity index (χ1) is 15.7. The van der Waals surface area contributed by atoms with Crippen LogP contribution in [-0.2, 0) is 33.8 Å². The van der Waals surface area contributed by atoms with Gasteiger partial charge in [-0.2, -0.15) is 0 Å². The molecule has 0 atom stereocenters. The predicted octanol–water partition coefficient (Wildman–Crippen LogP) is 4.85. The van der Waals surface area contributed by atoms with Crippen molar-refractivity contribution in [1.29, 1.82) is 0 Å². The Bertz CT molecular complexity index is 1080. The smallest absolute Gasteiger partial charge is 0.227 e. The van der Waals surface area contributed by atoms with Gasteiger partial charge in [0.15, 0.2) is 6.29 Å². The molecule has 0 unspecified atom stereocenters. The highest BCUT2D eigenvalue weighted by atomic mass is 16.7. The zero-order valence-corrected chi connectivity index (χ0v) is 18.4. The van der Waals surface area contributed by atoms with Gasteiger partial charge in [0.1, 0.15) is 0 Å². The van der Waals surface area contributed by atoms with Crippen molar-refractivity contribution in [3.05, 3.63) is 95.1 Å². The van der Waals surface area contributed by atoms with Gasteiger partial charge in [-0.15, -0.1) is 0 Å². The topological polar surface area (TPSA) is 42.0 Å². The van der Waals surface area contributed by atoms with E-state index in [0.717, 1.165) is 29.8 Å². The Balaban J connectivity index is 1.32. The highest BCUT2D eigenvalue weighted by molar-refractivity contribution is 5.96. The van der Waals surface area contributed by atoms with Crippen molar-refractivity contribution in [2.45, 2.75) is 32.2 Å². The summed E-state index contributed by atoms with van der Waals surface area (Å²) in [7, 11) is 2.10. The lowest BCUT2D eigenvalue weighted by Crippen LogP contribution is -2.35. The van der Waals surface area contributed by atoms with Gasteiger partial charge < -0.3 is 19.3 Å². The highest BCUT2D eigenvalue weighted by Gasteiger charge is 2.30. The number of hydrogen-bond acceptors (Lipinski definition) is 4. The number of benzene rings is 3. The number of para-hydroxylation sites is 1. The number of nitrogens with zero attached hydrogens (tertiary/aromatic N) is 2. The standard InChI is InChI=1S/C27H28N2O3/c1-28(22-6-3-2-4-7-22)18-20-10-12-21(13-11-20)19-29-25-9-5-8-24(27-31-16-17-32-27)23(25)14-15-26(29)30/h2-13,27H,14-19H2,1H3. The molecule has 0 aliphatic carbocycles. The van der Waals surface area contributed by atoms with Crippen LogP contribution in [0.15, 0.2) is 72.8 Å². The molecule has 2 aliphatic rings. The predicted molar refractivity (Wildman–Crippen MR) is 126 cm³/mol. The van der Waals surface area contributed by atoms with Crippen molar-refractivity contribution < 1.29 is 14.3 Å². The van der Waals surface area contributed by atoms with Gasteiger partial charge in [-0.05, 0) is 41.3 Å². The van der Waals surface area contributed by atoms with E-state index in [9.17, 15) is 4.79 Å². The van der Waals surface area contributed by atoms with Gasteiger partial charge in [0.25, 0.3) is 0 Å². The molecule has 3 aromatic carbocycles. The van der Waals surface area contributed by atoms with Gasteiger partial charge >= 0.3 is 0 Å². The molecule has 2 aliphatic heterocycles. The van der Waals surface area contributed by atoms with E-state index >= 15 is 0 Å². The second-order valence-corrected chi connectivity index (χ2v) is 8.41. The van der Waals surface area contributed by atoms with Crippen molar-refractivity contribution in [3.63, 3.8) is 0 Å². The fourth-order valence-corrected chi connectivity index (χ4v) is 4.53. The molecule has 0 aromatic heterocycles. The third-order valence-electron chi connectivity index (χ3n) is 6.22. The van der Waals surface area contributed by atoms with Gasteiger partial charge in [-0.25, -0.2) is 0 Å². The van der Waals surface area contributed by atoms with E-state index in [4.69, 9.17) is 9.47 Å². The van der Waals surface area contributed by atoms with Crippen molar-refractivity contribution in [3.8, 4) is 0 Å². The van der Waals surface area contributed by atoms with Crippen LogP contribution in [0, 0.1) is 0 Å². The van der Waals surface area contributed by atoms with Crippen molar-refractivity contribution >= 4 is 17.3 Å². The van der Waals surface area contributed by atoms with Crippen LogP contribution in [0.2, 0.25) is 0 Å². The lowest BCUT2D eigenvalue weighted by molar-refractivity contribution is -0.119. The Morgan fingerprint density at radius 2 is 1.59 bits per heavy atom. The van der Waals surface area contributed by atoms with Crippen molar-refractivity contribution in [2.24, 2.45) is 0 Å². The summed E-state index contributed by atoms with van der Waals surface area (Å²) in [4.78, 5) is 17.0. The maximum atomic E-state index is 12.8. The zero-order valence-electron chi connectivity index (χ0n) is 18.4. The Hall–Kier alpha value is -3.15. The summed E-state index contributed by atoms with van der Waals surface area (Å²) in [6, 6.07) is 25.0. The lowest BCUT2D eigenvalue weighted by atomic mass is 9.95. The minimum atomic E-state index is -0.319. The fraction of sp³-hybridized carbons (Fsp3) is 0.296. The number of amides is 1. The Morgan fingerprint density at radius 3 is 2.34 bits per heavy atom. The maximum Gasteiger partial charge on any atom is 0.227 e. The number of hydrogen-bond donors (Lipinski definition) is 0. The quantitative estimate of drug-likeness (QED) is 0.563. The van der Waals surface area contributed by atoms with Gasteiger partial charge in [0.2, 0.25) is 5.91 Å². The monoisotopic (exact) mass is 428 g/mol. The molecule has 2 heterocycles. The molecular weight excluding hydrogens is 400 g/mol. The molecule has 164 valence electrons. The Kier molecular flexibility index (Phi) is 5.93. The van der Waals surface area contributed by atoms with E-state index < -0.39 is 0 Å². The molecule has 1 fully saturated rings. The first kappa shape index (κ1) is 20.7. The van der Waals surface area contributed by atoms with Crippen LogP contribution in [0.25, 0.3) is 0 Å². The third kappa shape index (κ3) is 4.27. The summed E-state index contributed by atoms with van der Waals surface area (Å²) in [5.41, 5.74) is 6.75. The Labute approximate surface area is 189 Å². The van der Waals surface area contributed by atoms with Gasteiger partial charge in [-0.1, -0.05) is 54.6 Å². The summed E-state index contributed by atoms with van der Waals surface area (Å²) in [6.07, 6.45) is 0.923. The van der Waals surface area contributed by atoms with Crippen LogP contribution < -0.4 is 9.80 Å². The largest absolute Gasteiger partial charge is 0.370 e. The average Bonchev–Trinajstić information content (AvgIpc) is 3.37. The normalized spacial score (nSPS) is 16.3. The maximum absolute atomic E-state index is 12.8. The number of carbonyl (C=O) groups is 1. The van der Waals surface area contributed by atoms with Gasteiger partial charge in [0.05, 0.1) is 19.8 Å². The summed E-state index contributed by atoms with van der Waals surface area (Å²) in [5, 5.41) is 0. The molecule has 3 aromatic rings. The van der Waals surface area contributed by atoms with Crippen LogP contribution in [0.3, 0.4) is 0 Å². The molecule has 5 nitrogen and oxygen atoms in total. The van der Waals surface area contributed by atoms with Crippen LogP contribution in [-0.4, -0.2) is 26.2 Å². The molecule has 1 amide bonds. The number of ether oxygens (including phenoxy) is 2. The molecule has 0 bridgehead atoms. The highest BCUT2D eigenvalue weighted by Crippen LogP contribution is 2.36. The summed E-state index contributed by atoms with van der Waals surface area (Å²) < 4.78 is 11.5. The molecule has 32 heavy (non-hydrogen) atoms. The molecule has 0 saturated carbocycles. The van der Waals surface area contributed by atoms with Gasteiger partial charge in [0, 0.05) is 37.0 Å². The molecule has 0 radical (unpaired) electrons. The molecule has 5 heteroatoms. The number of fused-ring (bicyclic) bond motifs is 1. The summed E-state index contributed by atoms with van der Waals surface area (Å²) in [5.74, 6) is 0.163. The first-order valence-electron chi connectivity index (χ1n) is 11.2. The zero-order chi connectivity index (χ0) is 21.9. The van der Waals surface area contributed by atoms with Gasteiger partial charge in [-0.3, -0.25) is 4.79 Å². The molecule has 0 N–H and O–H groups in total. The van der Waals surface area contributed by atoms with Crippen LogP contribution in [0.4, 0.5) is 11.4 Å². The van der Waals surface area contributed by atoms with E-state index in [1.165, 1.54) is 16.8 Å². The number of anilines is 2. The molecule has 5 rings (SSSR count). The molecule has 1 saturated heterocycles. The van der Waals surface area contributed by atoms with Crippen molar-refractivity contribution in [1.82, 2.24) is 0 Å². The number of rotatable bonds is 6. The molecular formula is C27H28N2O3. The second kappa shape index (κ2) is 9.15. The van der Waals surface area contributed by atoms with Crippen LogP contribution in [0.1, 0.15) is 35.0 Å². The first-order valence-corrected chi connectivity index (χ1v) is 11.2. The van der Waals surface area contributed by atoms with Crippen molar-refractivity contribution in [2.75, 3.05) is 30.1 Å². The second-order valence-electron chi connectivity index (χ2n) is 8.41. The minimum absolute atomic E-state index is 0.163. The van der Waals surface area contributed by atoms with Crippen LogP contribution >= 0.6 is 0 Å². The van der Waals surface area contributed by atoms with E-state index in [0.29, 0.717) is 26.2 Å². The van der Waals surface area contributed by atoms with Crippen LogP contribution in [0.5, 0.6) is 0 Å². The average molecular weight is 429 g/mol. The SMILES string of the molecule is CN(Cc1ccc(CN2C(=O)CCc3c(C4OCCO4)cccc32)cc1)c1ccccc1. The van der Waals surface area contributed by atoms with E-state index in [2.05, 4.69) is 66.5 Å². The van der Waals surface area contributed by atoms with E-state index in [-0.39, 0.29) is 12.2 Å². The van der Waals surface area contributed by atoms with E-state index in [1.54, 1.807) is 0 Å². The third-order valence-corrected chi connectivity index (χ3v) is 6.22. The molecule has 0 spiro atoms.